The van der Waals surface area contributed by atoms with Gasteiger partial charge in [-0.05, 0) is 33.1 Å². The molecular formula is C20H27N7O3S. The van der Waals surface area contributed by atoms with Gasteiger partial charge in [0.2, 0.25) is 5.88 Å². The van der Waals surface area contributed by atoms with Gasteiger partial charge in [-0.1, -0.05) is 0 Å². The largest absolute Gasteiger partial charge is 0.473 e. The van der Waals surface area contributed by atoms with Gasteiger partial charge in [0, 0.05) is 32.1 Å². The highest BCUT2D eigenvalue weighted by molar-refractivity contribution is 8.13. The molecule has 1 amide bonds. The van der Waals surface area contributed by atoms with E-state index in [0.29, 0.717) is 38.4 Å². The molecule has 11 heteroatoms. The van der Waals surface area contributed by atoms with E-state index in [4.69, 9.17) is 9.47 Å². The van der Waals surface area contributed by atoms with Crippen LogP contribution >= 0.6 is 11.8 Å². The molecule has 0 bridgehead atoms. The fraction of sp³-hybridized carbons (Fsp3) is 0.550. The Kier molecular flexibility index (Phi) is 7.22. The fourth-order valence-corrected chi connectivity index (χ4v) is 3.41. The number of aliphatic imine (C=N–C) groups is 1. The lowest BCUT2D eigenvalue weighted by Crippen LogP contribution is -2.44. The summed E-state index contributed by atoms with van der Waals surface area (Å²) in [5, 5.41) is 12.3. The Balaban J connectivity index is 1.60. The van der Waals surface area contributed by atoms with Crippen molar-refractivity contribution < 1.29 is 14.3 Å². The minimum atomic E-state index is -0.526. The van der Waals surface area contributed by atoms with Gasteiger partial charge in [0.1, 0.15) is 30.8 Å². The molecule has 0 saturated carbocycles. The highest BCUT2D eigenvalue weighted by atomic mass is 32.2. The van der Waals surface area contributed by atoms with E-state index in [2.05, 4.69) is 26.5 Å². The highest BCUT2D eigenvalue weighted by Crippen LogP contribution is 2.25. The second-order valence-corrected chi connectivity index (χ2v) is 8.86. The van der Waals surface area contributed by atoms with Gasteiger partial charge in [-0.15, -0.1) is 11.8 Å². The van der Waals surface area contributed by atoms with Crippen LogP contribution in [0.3, 0.4) is 0 Å². The zero-order chi connectivity index (χ0) is 22.4. The van der Waals surface area contributed by atoms with Gasteiger partial charge in [-0.2, -0.15) is 5.26 Å². The van der Waals surface area contributed by atoms with Crippen LogP contribution in [0.15, 0.2) is 23.6 Å². The molecule has 0 unspecified atom stereocenters. The molecule has 1 aromatic rings. The lowest BCUT2D eigenvalue weighted by molar-refractivity contribution is 0.0123. The molecule has 0 atom stereocenters. The van der Waals surface area contributed by atoms with Gasteiger partial charge in [0.05, 0.1) is 5.04 Å². The first kappa shape index (κ1) is 22.7. The Bertz CT molecular complexity index is 899. The molecular weight excluding hydrogens is 418 g/mol. The molecule has 10 nitrogen and oxygen atoms in total. The van der Waals surface area contributed by atoms with Crippen LogP contribution in [0.1, 0.15) is 39.2 Å². The molecule has 0 spiro atoms. The number of aromatic nitrogens is 2. The number of nitriles is 1. The van der Waals surface area contributed by atoms with E-state index in [0.717, 1.165) is 5.04 Å². The van der Waals surface area contributed by atoms with Crippen molar-refractivity contribution in [1.82, 2.24) is 19.9 Å². The van der Waals surface area contributed by atoms with Gasteiger partial charge in [-0.25, -0.2) is 14.8 Å². The van der Waals surface area contributed by atoms with Crippen molar-refractivity contribution in [1.29, 1.82) is 5.26 Å². The minimum absolute atomic E-state index is 0.155. The molecule has 2 aliphatic heterocycles. The number of carbonyl (C=O) groups is 1. The first-order valence-electron chi connectivity index (χ1n) is 9.98. The number of likely N-dealkylation sites (tertiary alicyclic amines) is 1. The fourth-order valence-electron chi connectivity index (χ4n) is 3.03. The lowest BCUT2D eigenvalue weighted by atomic mass is 10.1. The summed E-state index contributed by atoms with van der Waals surface area (Å²) in [7, 11) is 0. The summed E-state index contributed by atoms with van der Waals surface area (Å²) in [5.74, 6) is 0.580. The summed E-state index contributed by atoms with van der Waals surface area (Å²) in [4.78, 5) is 26.6. The number of hydrogen-bond donors (Lipinski definition) is 1. The van der Waals surface area contributed by atoms with Crippen molar-refractivity contribution in [2.24, 2.45) is 4.99 Å². The topological polar surface area (TPSA) is 116 Å². The first-order chi connectivity index (χ1) is 14.8. The maximum absolute atomic E-state index is 12.2. The number of piperidine rings is 1. The van der Waals surface area contributed by atoms with Crippen molar-refractivity contribution in [2.75, 3.05) is 31.4 Å². The standard InChI is InChI=1S/C20H27N7O3S/c1-20(2,3)30-19(28)26-8-5-14(6-9-26)29-18-15(11-21)17(22-12-23-18)25-27-10-7-16(31-4)24-13-27/h7,10,12,14H,5-6,8-9,13H2,1-4H3,(H,22,23,25). The minimum Gasteiger partial charge on any atom is -0.473 e. The third-order valence-electron chi connectivity index (χ3n) is 4.53. The zero-order valence-electron chi connectivity index (χ0n) is 18.2. The van der Waals surface area contributed by atoms with E-state index in [1.165, 1.54) is 6.33 Å². The zero-order valence-corrected chi connectivity index (χ0v) is 19.0. The molecule has 3 heterocycles. The Morgan fingerprint density at radius 1 is 1.32 bits per heavy atom. The van der Waals surface area contributed by atoms with Gasteiger partial charge >= 0.3 is 6.09 Å². The molecule has 0 aromatic carbocycles. The highest BCUT2D eigenvalue weighted by Gasteiger charge is 2.28. The summed E-state index contributed by atoms with van der Waals surface area (Å²) < 4.78 is 11.4. The Labute approximate surface area is 186 Å². The summed E-state index contributed by atoms with van der Waals surface area (Å²) in [6, 6.07) is 2.13. The van der Waals surface area contributed by atoms with Crippen LogP contribution in [-0.2, 0) is 4.74 Å². The first-order valence-corrected chi connectivity index (χ1v) is 11.2. The van der Waals surface area contributed by atoms with E-state index in [1.807, 2.05) is 39.3 Å². The number of amides is 1. The van der Waals surface area contributed by atoms with Gasteiger partial charge < -0.3 is 14.4 Å². The predicted octanol–water partition coefficient (Wildman–Crippen LogP) is 3.00. The number of rotatable bonds is 4. The molecule has 1 saturated heterocycles. The maximum Gasteiger partial charge on any atom is 0.410 e. The second-order valence-electron chi connectivity index (χ2n) is 8.04. The monoisotopic (exact) mass is 445 g/mol. The van der Waals surface area contributed by atoms with E-state index < -0.39 is 5.60 Å². The maximum atomic E-state index is 12.2. The number of anilines is 1. The van der Waals surface area contributed by atoms with Crippen LogP contribution in [0.2, 0.25) is 0 Å². The number of hydrazine groups is 1. The number of carbonyl (C=O) groups excluding carboxylic acids is 1. The number of hydrogen-bond acceptors (Lipinski definition) is 10. The van der Waals surface area contributed by atoms with E-state index >= 15 is 0 Å². The van der Waals surface area contributed by atoms with Crippen molar-refractivity contribution in [3.05, 3.63) is 24.2 Å². The van der Waals surface area contributed by atoms with Gasteiger partial charge in [-0.3, -0.25) is 15.4 Å². The smallest absolute Gasteiger partial charge is 0.410 e. The SMILES string of the molecule is CSC1=NCN(Nc2ncnc(OC3CCN(C(=O)OC(C)(C)C)CC3)c2C#N)C=C1. The van der Waals surface area contributed by atoms with E-state index in [-0.39, 0.29) is 23.6 Å². The molecule has 1 N–H and O–H groups in total. The molecule has 31 heavy (non-hydrogen) atoms. The average molecular weight is 446 g/mol. The summed E-state index contributed by atoms with van der Waals surface area (Å²) in [6.45, 7) is 6.98. The van der Waals surface area contributed by atoms with Crippen molar-refractivity contribution in [2.45, 2.75) is 45.3 Å². The number of nitrogens with zero attached hydrogens (tertiary/aromatic N) is 6. The normalized spacial score (nSPS) is 17.1. The van der Waals surface area contributed by atoms with Gasteiger partial charge in [0.25, 0.3) is 0 Å². The van der Waals surface area contributed by atoms with Crippen LogP contribution in [0.5, 0.6) is 5.88 Å². The van der Waals surface area contributed by atoms with E-state index in [9.17, 15) is 10.1 Å². The van der Waals surface area contributed by atoms with Crippen LogP contribution in [0.4, 0.5) is 10.6 Å². The summed E-state index contributed by atoms with van der Waals surface area (Å²) in [6.07, 6.45) is 7.82. The third kappa shape index (κ3) is 6.24. The average Bonchev–Trinajstić information content (AvgIpc) is 2.74. The molecule has 3 rings (SSSR count). The third-order valence-corrected chi connectivity index (χ3v) is 5.21. The molecule has 1 fully saturated rings. The van der Waals surface area contributed by atoms with Crippen molar-refractivity contribution >= 4 is 28.7 Å². The number of nitrogens with one attached hydrogen (secondary N) is 1. The van der Waals surface area contributed by atoms with Crippen LogP contribution < -0.4 is 10.2 Å². The van der Waals surface area contributed by atoms with Crippen LogP contribution in [0, 0.1) is 11.3 Å². The van der Waals surface area contributed by atoms with E-state index in [1.54, 1.807) is 21.7 Å². The van der Waals surface area contributed by atoms with Crippen LogP contribution in [0.25, 0.3) is 0 Å². The summed E-state index contributed by atoms with van der Waals surface area (Å²) in [5.41, 5.74) is 2.77. The Morgan fingerprint density at radius 3 is 2.65 bits per heavy atom. The Morgan fingerprint density at radius 2 is 2.06 bits per heavy atom. The van der Waals surface area contributed by atoms with Crippen molar-refractivity contribution in [3.8, 4) is 11.9 Å². The molecule has 0 radical (unpaired) electrons. The Hall–Kier alpha value is -3.00. The van der Waals surface area contributed by atoms with Crippen molar-refractivity contribution in [3.63, 3.8) is 0 Å². The lowest BCUT2D eigenvalue weighted by Gasteiger charge is -2.33. The second kappa shape index (κ2) is 9.87. The quantitative estimate of drug-likeness (QED) is 0.746. The number of ether oxygens (including phenoxy) is 2. The van der Waals surface area contributed by atoms with Gasteiger partial charge in [0.15, 0.2) is 11.4 Å². The molecule has 2 aliphatic rings. The summed E-state index contributed by atoms with van der Waals surface area (Å²) >= 11 is 1.57. The predicted molar refractivity (Wildman–Crippen MR) is 119 cm³/mol. The van der Waals surface area contributed by atoms with Crippen LogP contribution in [-0.4, -0.2) is 68.7 Å². The molecule has 1 aromatic heterocycles. The molecule has 0 aliphatic carbocycles. The number of thioether (sulfide) groups is 1. The molecule has 166 valence electrons.